The summed E-state index contributed by atoms with van der Waals surface area (Å²) in [7, 11) is 0. The number of nitrogens with zero attached hydrogens (tertiary/aromatic N) is 3. The topological polar surface area (TPSA) is 48.5 Å². The highest BCUT2D eigenvalue weighted by molar-refractivity contribution is 7.09. The van der Waals surface area contributed by atoms with E-state index in [0.717, 1.165) is 58.4 Å². The fourth-order valence-corrected chi connectivity index (χ4v) is 3.68. The van der Waals surface area contributed by atoms with Crippen molar-refractivity contribution in [3.8, 4) is 0 Å². The number of rotatable bonds is 7. The third-order valence-electron chi connectivity index (χ3n) is 4.22. The zero-order valence-electron chi connectivity index (χ0n) is 13.4. The molecule has 22 heavy (non-hydrogen) atoms. The maximum absolute atomic E-state index is 11.8. The Labute approximate surface area is 136 Å². The number of piperazine rings is 1. The van der Waals surface area contributed by atoms with Crippen molar-refractivity contribution in [2.45, 2.75) is 45.2 Å². The van der Waals surface area contributed by atoms with Crippen LogP contribution >= 0.6 is 11.3 Å². The van der Waals surface area contributed by atoms with Crippen molar-refractivity contribution in [2.24, 2.45) is 0 Å². The smallest absolute Gasteiger partial charge is 0.234 e. The number of aryl methyl sites for hydroxylation is 1. The normalized spacial score (nSPS) is 20.2. The van der Waals surface area contributed by atoms with E-state index in [2.05, 4.69) is 27.4 Å². The lowest BCUT2D eigenvalue weighted by molar-refractivity contribution is -0.122. The van der Waals surface area contributed by atoms with Crippen LogP contribution in [0.2, 0.25) is 0 Å². The number of amides is 1. The molecule has 0 unspecified atom stereocenters. The molecular weight excluding hydrogens is 296 g/mol. The molecule has 1 aromatic rings. The van der Waals surface area contributed by atoms with Gasteiger partial charge in [0.15, 0.2) is 0 Å². The fraction of sp³-hybridized carbons (Fsp3) is 0.750. The summed E-state index contributed by atoms with van der Waals surface area (Å²) in [5.74, 6) is 0.194. The lowest BCUT2D eigenvalue weighted by Gasteiger charge is -2.33. The van der Waals surface area contributed by atoms with E-state index in [1.807, 2.05) is 0 Å². The van der Waals surface area contributed by atoms with Gasteiger partial charge in [0, 0.05) is 44.1 Å². The lowest BCUT2D eigenvalue weighted by Crippen LogP contribution is -2.49. The summed E-state index contributed by atoms with van der Waals surface area (Å²) in [6.45, 7) is 7.70. The van der Waals surface area contributed by atoms with Gasteiger partial charge in [-0.15, -0.1) is 11.3 Å². The molecule has 1 aliphatic heterocycles. The van der Waals surface area contributed by atoms with Gasteiger partial charge in [0.05, 0.1) is 17.2 Å². The summed E-state index contributed by atoms with van der Waals surface area (Å²) in [6, 6.07) is 0.468. The molecule has 1 N–H and O–H groups in total. The van der Waals surface area contributed by atoms with Gasteiger partial charge in [-0.25, -0.2) is 4.98 Å². The Kier molecular flexibility index (Phi) is 5.44. The SMILES string of the molecule is CCCc1nc(CN2CCN(CC(=O)NC3CC3)CC2)cs1. The van der Waals surface area contributed by atoms with Crippen LogP contribution < -0.4 is 5.32 Å². The fourth-order valence-electron chi connectivity index (χ4n) is 2.79. The van der Waals surface area contributed by atoms with Crippen LogP contribution in [0.25, 0.3) is 0 Å². The molecule has 0 spiro atoms. The first-order valence-electron chi connectivity index (χ1n) is 8.40. The van der Waals surface area contributed by atoms with Crippen LogP contribution in [-0.4, -0.2) is 59.5 Å². The largest absolute Gasteiger partial charge is 0.352 e. The highest BCUT2D eigenvalue weighted by Crippen LogP contribution is 2.18. The Bertz CT molecular complexity index is 492. The average molecular weight is 322 g/mol. The van der Waals surface area contributed by atoms with E-state index in [1.54, 1.807) is 11.3 Å². The van der Waals surface area contributed by atoms with Crippen LogP contribution in [0.5, 0.6) is 0 Å². The lowest BCUT2D eigenvalue weighted by atomic mass is 10.3. The standard InChI is InChI=1S/C16H26N4OS/c1-2-3-16-18-14(12-22-16)10-19-6-8-20(9-7-19)11-15(21)17-13-4-5-13/h12-13H,2-11H2,1H3,(H,17,21). The predicted molar refractivity (Wildman–Crippen MR) is 89.0 cm³/mol. The number of carbonyl (C=O) groups is 1. The van der Waals surface area contributed by atoms with Crippen LogP contribution in [0.4, 0.5) is 0 Å². The molecule has 122 valence electrons. The van der Waals surface area contributed by atoms with E-state index in [4.69, 9.17) is 4.98 Å². The molecule has 1 aliphatic carbocycles. The summed E-state index contributed by atoms with van der Waals surface area (Å²) < 4.78 is 0. The minimum absolute atomic E-state index is 0.194. The molecule has 1 saturated heterocycles. The first kappa shape index (κ1) is 15.9. The molecule has 5 nitrogen and oxygen atoms in total. The molecular formula is C16H26N4OS. The van der Waals surface area contributed by atoms with Crippen molar-refractivity contribution in [2.75, 3.05) is 32.7 Å². The van der Waals surface area contributed by atoms with Crippen LogP contribution in [0.3, 0.4) is 0 Å². The molecule has 1 aromatic heterocycles. The Balaban J connectivity index is 1.38. The predicted octanol–water partition coefficient (Wildman–Crippen LogP) is 1.49. The first-order chi connectivity index (χ1) is 10.7. The van der Waals surface area contributed by atoms with Crippen LogP contribution in [0.15, 0.2) is 5.38 Å². The van der Waals surface area contributed by atoms with Gasteiger partial charge < -0.3 is 5.32 Å². The zero-order valence-corrected chi connectivity index (χ0v) is 14.2. The number of nitrogens with one attached hydrogen (secondary N) is 1. The van der Waals surface area contributed by atoms with Gasteiger partial charge >= 0.3 is 0 Å². The van der Waals surface area contributed by atoms with Crippen molar-refractivity contribution < 1.29 is 4.79 Å². The maximum atomic E-state index is 11.8. The van der Waals surface area contributed by atoms with Gasteiger partial charge in [0.25, 0.3) is 0 Å². The number of hydrogen-bond acceptors (Lipinski definition) is 5. The van der Waals surface area contributed by atoms with E-state index in [9.17, 15) is 4.79 Å². The summed E-state index contributed by atoms with van der Waals surface area (Å²) in [6.07, 6.45) is 4.57. The third-order valence-corrected chi connectivity index (χ3v) is 5.18. The van der Waals surface area contributed by atoms with Crippen molar-refractivity contribution >= 4 is 17.2 Å². The van der Waals surface area contributed by atoms with Crippen molar-refractivity contribution in [3.05, 3.63) is 16.1 Å². The van der Waals surface area contributed by atoms with Crippen molar-refractivity contribution in [1.82, 2.24) is 20.1 Å². The van der Waals surface area contributed by atoms with E-state index in [1.165, 1.54) is 10.7 Å². The maximum Gasteiger partial charge on any atom is 0.234 e. The van der Waals surface area contributed by atoms with Gasteiger partial charge in [-0.2, -0.15) is 0 Å². The number of hydrogen-bond donors (Lipinski definition) is 1. The molecule has 2 aliphatic rings. The summed E-state index contributed by atoms with van der Waals surface area (Å²) >= 11 is 1.78. The van der Waals surface area contributed by atoms with Gasteiger partial charge in [-0.05, 0) is 25.7 Å². The monoisotopic (exact) mass is 322 g/mol. The van der Waals surface area contributed by atoms with Gasteiger partial charge in [-0.1, -0.05) is 6.92 Å². The molecule has 0 radical (unpaired) electrons. The zero-order chi connectivity index (χ0) is 15.4. The van der Waals surface area contributed by atoms with E-state index in [-0.39, 0.29) is 5.91 Å². The van der Waals surface area contributed by atoms with Crippen molar-refractivity contribution in [1.29, 1.82) is 0 Å². The van der Waals surface area contributed by atoms with Crippen LogP contribution in [0.1, 0.15) is 36.9 Å². The number of carbonyl (C=O) groups excluding carboxylic acids is 1. The molecule has 0 bridgehead atoms. The molecule has 1 saturated carbocycles. The Morgan fingerprint density at radius 2 is 2.05 bits per heavy atom. The van der Waals surface area contributed by atoms with E-state index < -0.39 is 0 Å². The minimum Gasteiger partial charge on any atom is -0.352 e. The van der Waals surface area contributed by atoms with Gasteiger partial charge in [0.1, 0.15) is 0 Å². The summed E-state index contributed by atoms with van der Waals surface area (Å²) in [5, 5.41) is 6.52. The highest BCUT2D eigenvalue weighted by atomic mass is 32.1. The second-order valence-corrected chi connectivity index (χ2v) is 7.32. The second kappa shape index (κ2) is 7.53. The van der Waals surface area contributed by atoms with Crippen molar-refractivity contribution in [3.63, 3.8) is 0 Å². The van der Waals surface area contributed by atoms with Gasteiger partial charge in [-0.3, -0.25) is 14.6 Å². The number of thiazole rings is 1. The molecule has 6 heteroatoms. The summed E-state index contributed by atoms with van der Waals surface area (Å²) in [4.78, 5) is 21.2. The van der Waals surface area contributed by atoms with E-state index in [0.29, 0.717) is 12.6 Å². The molecule has 0 aromatic carbocycles. The molecule has 2 fully saturated rings. The molecule has 1 amide bonds. The third kappa shape index (κ3) is 4.76. The summed E-state index contributed by atoms with van der Waals surface area (Å²) in [5.41, 5.74) is 1.20. The molecule has 3 rings (SSSR count). The quantitative estimate of drug-likeness (QED) is 0.826. The van der Waals surface area contributed by atoms with E-state index >= 15 is 0 Å². The highest BCUT2D eigenvalue weighted by Gasteiger charge is 2.25. The Hall–Kier alpha value is -0.980. The van der Waals surface area contributed by atoms with Crippen LogP contribution in [-0.2, 0) is 17.8 Å². The minimum atomic E-state index is 0.194. The number of aromatic nitrogens is 1. The molecule has 2 heterocycles. The Morgan fingerprint density at radius 3 is 2.73 bits per heavy atom. The average Bonchev–Trinajstić information content (AvgIpc) is 3.20. The molecule has 0 atom stereocenters. The second-order valence-electron chi connectivity index (χ2n) is 6.38. The first-order valence-corrected chi connectivity index (χ1v) is 9.28. The van der Waals surface area contributed by atoms with Gasteiger partial charge in [0.2, 0.25) is 5.91 Å². The van der Waals surface area contributed by atoms with Crippen LogP contribution in [0, 0.1) is 0 Å². The Morgan fingerprint density at radius 1 is 1.32 bits per heavy atom.